The summed E-state index contributed by atoms with van der Waals surface area (Å²) in [4.78, 5) is 3.95. The molecule has 2 heteroatoms. The van der Waals surface area contributed by atoms with Crippen LogP contribution in [0.25, 0.3) is 6.08 Å². The second kappa shape index (κ2) is 3.01. The number of aryl methyl sites for hydroxylation is 1. The van der Waals surface area contributed by atoms with Crippen LogP contribution >= 0.6 is 0 Å². The molecule has 0 aliphatic heterocycles. The fourth-order valence-electron chi connectivity index (χ4n) is 0.695. The molecule has 0 radical (unpaired) electrons. The van der Waals surface area contributed by atoms with E-state index in [9.17, 15) is 0 Å². The standard InChI is InChI=1S/C8H10N2/c1-3-4-5-8-6-9-7-10(8)2/h3-7H,1H2,2H3/b5-4-. The average molecular weight is 134 g/mol. The van der Waals surface area contributed by atoms with Crippen molar-refractivity contribution in [2.24, 2.45) is 7.05 Å². The van der Waals surface area contributed by atoms with Gasteiger partial charge in [0.2, 0.25) is 0 Å². The lowest BCUT2D eigenvalue weighted by molar-refractivity contribution is 0.902. The predicted octanol–water partition coefficient (Wildman–Crippen LogP) is 1.62. The molecule has 10 heavy (non-hydrogen) atoms. The van der Waals surface area contributed by atoms with Crippen LogP contribution in [0.3, 0.4) is 0 Å². The Morgan fingerprint density at radius 2 is 2.50 bits per heavy atom. The van der Waals surface area contributed by atoms with Crippen molar-refractivity contribution in [3.63, 3.8) is 0 Å². The summed E-state index contributed by atoms with van der Waals surface area (Å²) in [6, 6.07) is 0. The van der Waals surface area contributed by atoms with Crippen molar-refractivity contribution in [3.8, 4) is 0 Å². The molecule has 0 aliphatic rings. The van der Waals surface area contributed by atoms with Crippen LogP contribution in [-0.4, -0.2) is 9.55 Å². The summed E-state index contributed by atoms with van der Waals surface area (Å²) in [7, 11) is 1.95. The maximum atomic E-state index is 3.95. The molecule has 0 saturated carbocycles. The van der Waals surface area contributed by atoms with E-state index >= 15 is 0 Å². The first kappa shape index (κ1) is 6.81. The molecule has 52 valence electrons. The Hall–Kier alpha value is -1.31. The molecule has 0 amide bonds. The Labute approximate surface area is 60.5 Å². The molecule has 0 bridgehead atoms. The number of aromatic nitrogens is 2. The van der Waals surface area contributed by atoms with Gasteiger partial charge in [0.1, 0.15) is 0 Å². The van der Waals surface area contributed by atoms with Crippen LogP contribution in [0.4, 0.5) is 0 Å². The lowest BCUT2D eigenvalue weighted by Gasteiger charge is -1.90. The molecule has 0 unspecified atom stereocenters. The van der Waals surface area contributed by atoms with Crippen LogP contribution in [0.15, 0.2) is 31.3 Å². The monoisotopic (exact) mass is 134 g/mol. The molecule has 1 heterocycles. The van der Waals surface area contributed by atoms with Gasteiger partial charge in [0.25, 0.3) is 0 Å². The summed E-state index contributed by atoms with van der Waals surface area (Å²) < 4.78 is 1.94. The first-order valence-electron chi connectivity index (χ1n) is 3.10. The Balaban J connectivity index is 2.83. The van der Waals surface area contributed by atoms with E-state index in [0.29, 0.717) is 0 Å². The number of rotatable bonds is 2. The lowest BCUT2D eigenvalue weighted by atomic mass is 10.4. The molecular formula is C8H10N2. The summed E-state index contributed by atoms with van der Waals surface area (Å²) in [5, 5.41) is 0. The van der Waals surface area contributed by atoms with Crippen molar-refractivity contribution in [2.45, 2.75) is 0 Å². The minimum atomic E-state index is 1.08. The second-order valence-electron chi connectivity index (χ2n) is 2.02. The SMILES string of the molecule is C=C/C=C\c1cncn1C. The van der Waals surface area contributed by atoms with E-state index in [0.717, 1.165) is 5.69 Å². The molecule has 2 nitrogen and oxygen atoms in total. The van der Waals surface area contributed by atoms with Crippen LogP contribution in [0, 0.1) is 0 Å². The zero-order valence-electron chi connectivity index (χ0n) is 5.99. The van der Waals surface area contributed by atoms with Gasteiger partial charge in [-0.05, 0) is 6.08 Å². The normalized spacial score (nSPS) is 10.5. The molecule has 1 aromatic heterocycles. The molecule has 1 aromatic rings. The zero-order chi connectivity index (χ0) is 7.40. The molecule has 0 N–H and O–H groups in total. The largest absolute Gasteiger partial charge is 0.334 e. The fourth-order valence-corrected chi connectivity index (χ4v) is 0.695. The summed E-state index contributed by atoms with van der Waals surface area (Å²) in [5.41, 5.74) is 1.08. The van der Waals surface area contributed by atoms with E-state index in [1.807, 2.05) is 23.8 Å². The van der Waals surface area contributed by atoms with Crippen LogP contribution < -0.4 is 0 Å². The predicted molar refractivity (Wildman–Crippen MR) is 42.4 cm³/mol. The van der Waals surface area contributed by atoms with Gasteiger partial charge in [0, 0.05) is 7.05 Å². The van der Waals surface area contributed by atoms with Crippen LogP contribution in [0.2, 0.25) is 0 Å². The third kappa shape index (κ3) is 1.35. The molecule has 0 fully saturated rings. The Kier molecular flexibility index (Phi) is 2.05. The van der Waals surface area contributed by atoms with Gasteiger partial charge >= 0.3 is 0 Å². The molecule has 1 rings (SSSR count). The van der Waals surface area contributed by atoms with Crippen molar-refractivity contribution in [1.82, 2.24) is 9.55 Å². The highest BCUT2D eigenvalue weighted by Crippen LogP contribution is 1.98. The molecule has 0 atom stereocenters. The van der Waals surface area contributed by atoms with Crippen molar-refractivity contribution >= 4 is 6.08 Å². The third-order valence-corrected chi connectivity index (χ3v) is 1.26. The van der Waals surface area contributed by atoms with Crippen molar-refractivity contribution in [2.75, 3.05) is 0 Å². The van der Waals surface area contributed by atoms with Crippen LogP contribution in [-0.2, 0) is 7.05 Å². The highest BCUT2D eigenvalue weighted by atomic mass is 15.0. The van der Waals surface area contributed by atoms with Gasteiger partial charge < -0.3 is 4.57 Å². The maximum Gasteiger partial charge on any atom is 0.0948 e. The Bertz CT molecular complexity index is 246. The quantitative estimate of drug-likeness (QED) is 0.562. The summed E-state index contributed by atoms with van der Waals surface area (Å²) in [6.45, 7) is 3.57. The second-order valence-corrected chi connectivity index (χ2v) is 2.02. The number of nitrogens with zero attached hydrogens (tertiary/aromatic N) is 2. The van der Waals surface area contributed by atoms with Gasteiger partial charge in [-0.15, -0.1) is 0 Å². The Morgan fingerprint density at radius 3 is 3.00 bits per heavy atom. The lowest BCUT2D eigenvalue weighted by Crippen LogP contribution is -1.86. The van der Waals surface area contributed by atoms with Crippen molar-refractivity contribution in [3.05, 3.63) is 36.9 Å². The molecular weight excluding hydrogens is 124 g/mol. The van der Waals surface area contributed by atoms with E-state index in [1.165, 1.54) is 0 Å². The Morgan fingerprint density at radius 1 is 1.70 bits per heavy atom. The minimum absolute atomic E-state index is 1.08. The smallest absolute Gasteiger partial charge is 0.0948 e. The number of hydrogen-bond acceptors (Lipinski definition) is 1. The first-order valence-corrected chi connectivity index (χ1v) is 3.10. The first-order chi connectivity index (χ1) is 4.84. The van der Waals surface area contributed by atoms with E-state index in [4.69, 9.17) is 0 Å². The number of hydrogen-bond donors (Lipinski definition) is 0. The van der Waals surface area contributed by atoms with Crippen molar-refractivity contribution < 1.29 is 0 Å². The van der Waals surface area contributed by atoms with Gasteiger partial charge in [0.15, 0.2) is 0 Å². The van der Waals surface area contributed by atoms with E-state index < -0.39 is 0 Å². The average Bonchev–Trinajstić information content (AvgIpc) is 2.31. The topological polar surface area (TPSA) is 17.8 Å². The summed E-state index contributed by atoms with van der Waals surface area (Å²) in [6.07, 6.45) is 9.16. The third-order valence-electron chi connectivity index (χ3n) is 1.26. The highest BCUT2D eigenvalue weighted by molar-refractivity contribution is 5.45. The highest BCUT2D eigenvalue weighted by Gasteiger charge is 1.88. The number of imidazole rings is 1. The van der Waals surface area contributed by atoms with E-state index in [2.05, 4.69) is 11.6 Å². The van der Waals surface area contributed by atoms with Gasteiger partial charge in [-0.1, -0.05) is 18.7 Å². The number of allylic oxidation sites excluding steroid dienone is 2. The van der Waals surface area contributed by atoms with Crippen molar-refractivity contribution in [1.29, 1.82) is 0 Å². The summed E-state index contributed by atoms with van der Waals surface area (Å²) >= 11 is 0. The molecule has 0 spiro atoms. The minimum Gasteiger partial charge on any atom is -0.334 e. The van der Waals surface area contributed by atoms with E-state index in [1.54, 1.807) is 18.6 Å². The van der Waals surface area contributed by atoms with Crippen LogP contribution in [0.5, 0.6) is 0 Å². The zero-order valence-corrected chi connectivity index (χ0v) is 5.99. The molecule has 0 aliphatic carbocycles. The fraction of sp³-hybridized carbons (Fsp3) is 0.125. The van der Waals surface area contributed by atoms with Gasteiger partial charge in [0.05, 0.1) is 18.2 Å². The van der Waals surface area contributed by atoms with E-state index in [-0.39, 0.29) is 0 Å². The van der Waals surface area contributed by atoms with Gasteiger partial charge in [-0.25, -0.2) is 4.98 Å². The van der Waals surface area contributed by atoms with Crippen LogP contribution in [0.1, 0.15) is 5.69 Å². The summed E-state index contributed by atoms with van der Waals surface area (Å²) in [5.74, 6) is 0. The van der Waals surface area contributed by atoms with Gasteiger partial charge in [-0.3, -0.25) is 0 Å². The maximum absolute atomic E-state index is 3.95. The van der Waals surface area contributed by atoms with Gasteiger partial charge in [-0.2, -0.15) is 0 Å². The molecule has 0 saturated heterocycles. The molecule has 0 aromatic carbocycles.